The number of carbonyl (C=O) groups is 3. The SMILES string of the molecule is CCC(=O)CC[C@@H](NC(=O)c1ccncc1)C(=O)OC. The Bertz CT molecular complexity index is 473. The number of hydrogen-bond donors (Lipinski definition) is 1. The number of methoxy groups -OCH3 is 1. The molecule has 1 aromatic heterocycles. The minimum absolute atomic E-state index is 0.0389. The maximum absolute atomic E-state index is 12.0. The second-order valence-corrected chi connectivity index (χ2v) is 4.22. The minimum Gasteiger partial charge on any atom is -0.467 e. The first-order valence-electron chi connectivity index (χ1n) is 6.38. The third-order valence-electron chi connectivity index (χ3n) is 2.84. The first-order chi connectivity index (χ1) is 9.58. The highest BCUT2D eigenvalue weighted by atomic mass is 16.5. The molecule has 0 aromatic carbocycles. The molecule has 1 aromatic rings. The van der Waals surface area contributed by atoms with Gasteiger partial charge in [-0.05, 0) is 18.6 Å². The molecule has 1 rings (SSSR count). The van der Waals surface area contributed by atoms with E-state index in [-0.39, 0.29) is 18.6 Å². The lowest BCUT2D eigenvalue weighted by atomic mass is 10.1. The van der Waals surface area contributed by atoms with Gasteiger partial charge < -0.3 is 10.1 Å². The average molecular weight is 278 g/mol. The molecule has 6 nitrogen and oxygen atoms in total. The first-order valence-corrected chi connectivity index (χ1v) is 6.38. The predicted octanol–water partition coefficient (Wildman–Crippen LogP) is 1.11. The summed E-state index contributed by atoms with van der Waals surface area (Å²) >= 11 is 0. The number of Topliss-reactive ketones (excluding diaryl/α,β-unsaturated/α-hetero) is 1. The number of nitrogens with one attached hydrogen (secondary N) is 1. The minimum atomic E-state index is -0.823. The molecule has 0 saturated carbocycles. The zero-order chi connectivity index (χ0) is 15.0. The summed E-state index contributed by atoms with van der Waals surface area (Å²) in [6.45, 7) is 1.75. The molecule has 0 fully saturated rings. The van der Waals surface area contributed by atoms with Crippen LogP contribution in [0, 0.1) is 0 Å². The van der Waals surface area contributed by atoms with Gasteiger partial charge in [0.1, 0.15) is 11.8 Å². The van der Waals surface area contributed by atoms with Crippen LogP contribution in [0.15, 0.2) is 24.5 Å². The highest BCUT2D eigenvalue weighted by molar-refractivity contribution is 5.96. The van der Waals surface area contributed by atoms with Crippen molar-refractivity contribution in [1.29, 1.82) is 0 Å². The molecule has 0 aliphatic rings. The van der Waals surface area contributed by atoms with E-state index in [1.165, 1.54) is 19.5 Å². The Kier molecular flexibility index (Phi) is 6.36. The molecule has 1 atom stereocenters. The van der Waals surface area contributed by atoms with E-state index < -0.39 is 17.9 Å². The molecule has 0 bridgehead atoms. The Morgan fingerprint density at radius 2 is 1.95 bits per heavy atom. The summed E-state index contributed by atoms with van der Waals surface area (Å²) in [6.07, 6.45) is 3.85. The molecule has 0 unspecified atom stereocenters. The summed E-state index contributed by atoms with van der Waals surface area (Å²) < 4.78 is 4.64. The maximum Gasteiger partial charge on any atom is 0.328 e. The van der Waals surface area contributed by atoms with Gasteiger partial charge in [0.05, 0.1) is 7.11 Å². The standard InChI is InChI=1S/C14H18N2O4/c1-3-11(17)4-5-12(14(19)20-2)16-13(18)10-6-8-15-9-7-10/h6-9,12H,3-5H2,1-2H3,(H,16,18)/t12-/m1/s1. The molecular formula is C14H18N2O4. The van der Waals surface area contributed by atoms with Crippen LogP contribution in [0.25, 0.3) is 0 Å². The van der Waals surface area contributed by atoms with Crippen molar-refractivity contribution in [3.63, 3.8) is 0 Å². The van der Waals surface area contributed by atoms with E-state index in [4.69, 9.17) is 0 Å². The van der Waals surface area contributed by atoms with Gasteiger partial charge >= 0.3 is 5.97 Å². The fraction of sp³-hybridized carbons (Fsp3) is 0.429. The molecule has 0 radical (unpaired) electrons. The number of pyridine rings is 1. The summed E-state index contributed by atoms with van der Waals surface area (Å²) in [5, 5.41) is 2.57. The molecular weight excluding hydrogens is 260 g/mol. The van der Waals surface area contributed by atoms with Crippen LogP contribution in [0.2, 0.25) is 0 Å². The van der Waals surface area contributed by atoms with E-state index in [0.717, 1.165) is 0 Å². The number of hydrogen-bond acceptors (Lipinski definition) is 5. The highest BCUT2D eigenvalue weighted by Gasteiger charge is 2.22. The quantitative estimate of drug-likeness (QED) is 0.755. The van der Waals surface area contributed by atoms with E-state index >= 15 is 0 Å². The number of carbonyl (C=O) groups excluding carboxylic acids is 3. The van der Waals surface area contributed by atoms with Crippen LogP contribution in [0.4, 0.5) is 0 Å². The van der Waals surface area contributed by atoms with E-state index in [9.17, 15) is 14.4 Å². The lowest BCUT2D eigenvalue weighted by molar-refractivity contribution is -0.143. The van der Waals surface area contributed by atoms with Crippen molar-refractivity contribution < 1.29 is 19.1 Å². The Morgan fingerprint density at radius 3 is 2.50 bits per heavy atom. The fourth-order valence-electron chi connectivity index (χ4n) is 1.62. The van der Waals surface area contributed by atoms with Gasteiger partial charge in [-0.25, -0.2) is 4.79 Å². The summed E-state index contributed by atoms with van der Waals surface area (Å²) in [5.41, 5.74) is 0.399. The number of rotatable bonds is 7. The van der Waals surface area contributed by atoms with Gasteiger partial charge in [-0.15, -0.1) is 0 Å². The van der Waals surface area contributed by atoms with Gasteiger partial charge in [-0.1, -0.05) is 6.92 Å². The Hall–Kier alpha value is -2.24. The van der Waals surface area contributed by atoms with Gasteiger partial charge in [0.15, 0.2) is 0 Å². The Morgan fingerprint density at radius 1 is 1.30 bits per heavy atom. The molecule has 1 N–H and O–H groups in total. The summed E-state index contributed by atoms with van der Waals surface area (Å²) in [7, 11) is 1.25. The lowest BCUT2D eigenvalue weighted by Crippen LogP contribution is -2.41. The number of ether oxygens (including phenoxy) is 1. The largest absolute Gasteiger partial charge is 0.467 e. The molecule has 0 aliphatic heterocycles. The first kappa shape index (κ1) is 15.8. The summed E-state index contributed by atoms with van der Waals surface area (Å²) in [5.74, 6) is -0.917. The van der Waals surface area contributed by atoms with Crippen LogP contribution < -0.4 is 5.32 Å². The van der Waals surface area contributed by atoms with E-state index in [1.807, 2.05) is 0 Å². The van der Waals surface area contributed by atoms with Crippen molar-refractivity contribution in [1.82, 2.24) is 10.3 Å². The van der Waals surface area contributed by atoms with Crippen molar-refractivity contribution >= 4 is 17.7 Å². The van der Waals surface area contributed by atoms with Crippen LogP contribution in [0.5, 0.6) is 0 Å². The fourth-order valence-corrected chi connectivity index (χ4v) is 1.62. The van der Waals surface area contributed by atoms with Crippen molar-refractivity contribution in [2.45, 2.75) is 32.2 Å². The van der Waals surface area contributed by atoms with Crippen molar-refractivity contribution in [3.8, 4) is 0 Å². The zero-order valence-electron chi connectivity index (χ0n) is 11.6. The van der Waals surface area contributed by atoms with Gasteiger partial charge in [-0.3, -0.25) is 14.6 Å². The van der Waals surface area contributed by atoms with Crippen LogP contribution in [-0.4, -0.2) is 35.8 Å². The molecule has 1 heterocycles. The average Bonchev–Trinajstić information content (AvgIpc) is 2.50. The highest BCUT2D eigenvalue weighted by Crippen LogP contribution is 2.05. The Labute approximate surface area is 117 Å². The molecule has 6 heteroatoms. The molecule has 108 valence electrons. The molecule has 0 saturated heterocycles. The van der Waals surface area contributed by atoms with Gasteiger partial charge in [0, 0.05) is 30.8 Å². The topological polar surface area (TPSA) is 85.4 Å². The molecule has 0 aliphatic carbocycles. The van der Waals surface area contributed by atoms with E-state index in [2.05, 4.69) is 15.0 Å². The number of ketones is 1. The van der Waals surface area contributed by atoms with Crippen LogP contribution in [-0.2, 0) is 14.3 Å². The van der Waals surface area contributed by atoms with Crippen LogP contribution >= 0.6 is 0 Å². The second-order valence-electron chi connectivity index (χ2n) is 4.22. The smallest absolute Gasteiger partial charge is 0.328 e. The summed E-state index contributed by atoms with van der Waals surface area (Å²) in [4.78, 5) is 38.7. The van der Waals surface area contributed by atoms with Crippen molar-refractivity contribution in [2.75, 3.05) is 7.11 Å². The lowest BCUT2D eigenvalue weighted by Gasteiger charge is -2.16. The molecule has 0 spiro atoms. The normalized spacial score (nSPS) is 11.5. The van der Waals surface area contributed by atoms with Crippen molar-refractivity contribution in [3.05, 3.63) is 30.1 Å². The summed E-state index contributed by atoms with van der Waals surface area (Å²) in [6, 6.07) is 2.26. The van der Waals surface area contributed by atoms with Gasteiger partial charge in [0.2, 0.25) is 0 Å². The third kappa shape index (κ3) is 4.79. The second kappa shape index (κ2) is 8.04. The van der Waals surface area contributed by atoms with Crippen LogP contribution in [0.1, 0.15) is 36.5 Å². The number of nitrogens with zero attached hydrogens (tertiary/aromatic N) is 1. The number of aromatic nitrogens is 1. The predicted molar refractivity (Wildman–Crippen MR) is 72.0 cm³/mol. The molecule has 20 heavy (non-hydrogen) atoms. The zero-order valence-corrected chi connectivity index (χ0v) is 11.6. The van der Waals surface area contributed by atoms with Gasteiger partial charge in [-0.2, -0.15) is 0 Å². The third-order valence-corrected chi connectivity index (χ3v) is 2.84. The Balaban J connectivity index is 2.67. The molecule has 1 amide bonds. The monoisotopic (exact) mass is 278 g/mol. The van der Waals surface area contributed by atoms with E-state index in [0.29, 0.717) is 12.0 Å². The number of amides is 1. The van der Waals surface area contributed by atoms with Gasteiger partial charge in [0.25, 0.3) is 5.91 Å². The van der Waals surface area contributed by atoms with Crippen LogP contribution in [0.3, 0.4) is 0 Å². The number of esters is 1. The maximum atomic E-state index is 12.0. The van der Waals surface area contributed by atoms with E-state index in [1.54, 1.807) is 19.1 Å². The van der Waals surface area contributed by atoms with Crippen molar-refractivity contribution in [2.24, 2.45) is 0 Å².